The van der Waals surface area contributed by atoms with Crippen molar-refractivity contribution < 1.29 is 23.8 Å². The van der Waals surface area contributed by atoms with Crippen molar-refractivity contribution in [1.82, 2.24) is 19.7 Å². The quantitative estimate of drug-likeness (QED) is 0.357. The molecular weight excluding hydrogens is 554 g/mol. The standard InChI is InChI=1S/C26H17Cl2FN4O6/c27-19-10-16(33-26(38)30-23(34)21(31-33)25(36)37)11-20(28)22(19)39-17-4-5-18-14(9-17)6-7-32(24(18)35)12-13-2-1-3-15(29)8-13/h1-5,8-11H,6-7,12H2,(H,36,37)(H,30,34,38). The lowest BCUT2D eigenvalue weighted by molar-refractivity contribution is 0.0683. The predicted octanol–water partition coefficient (Wildman–Crippen LogP) is 4.06. The number of halogens is 3. The molecule has 0 bridgehead atoms. The van der Waals surface area contributed by atoms with Crippen molar-refractivity contribution in [3.05, 3.63) is 114 Å². The number of hydrogen-bond acceptors (Lipinski definition) is 6. The molecule has 10 nitrogen and oxygen atoms in total. The van der Waals surface area contributed by atoms with Gasteiger partial charge in [-0.3, -0.25) is 14.6 Å². The number of carbonyl (C=O) groups is 2. The van der Waals surface area contributed by atoms with E-state index in [0.29, 0.717) is 34.5 Å². The average molecular weight is 571 g/mol. The van der Waals surface area contributed by atoms with Gasteiger partial charge in [-0.15, -0.1) is 0 Å². The summed E-state index contributed by atoms with van der Waals surface area (Å²) in [4.78, 5) is 51.7. The number of carboxylic acid groups (broad SMARTS) is 1. The second kappa shape index (κ2) is 10.4. The molecule has 2 N–H and O–H groups in total. The lowest BCUT2D eigenvalue weighted by atomic mass is 9.98. The lowest BCUT2D eigenvalue weighted by Gasteiger charge is -2.29. The molecule has 1 aromatic heterocycles. The molecule has 39 heavy (non-hydrogen) atoms. The van der Waals surface area contributed by atoms with Crippen molar-refractivity contribution in [3.63, 3.8) is 0 Å². The summed E-state index contributed by atoms with van der Waals surface area (Å²) in [7, 11) is 0. The highest BCUT2D eigenvalue weighted by atomic mass is 35.5. The molecule has 0 spiro atoms. The third-order valence-corrected chi connectivity index (χ3v) is 6.55. The van der Waals surface area contributed by atoms with Gasteiger partial charge in [0.2, 0.25) is 5.69 Å². The Morgan fingerprint density at radius 1 is 1.08 bits per heavy atom. The monoisotopic (exact) mass is 570 g/mol. The molecular formula is C26H17Cl2FN4O6. The van der Waals surface area contributed by atoms with E-state index in [1.54, 1.807) is 35.2 Å². The van der Waals surface area contributed by atoms with Crippen LogP contribution in [-0.2, 0) is 13.0 Å². The van der Waals surface area contributed by atoms with Gasteiger partial charge < -0.3 is 14.7 Å². The minimum Gasteiger partial charge on any atom is -0.476 e. The summed E-state index contributed by atoms with van der Waals surface area (Å²) in [5.41, 5.74) is -1.09. The van der Waals surface area contributed by atoms with Crippen LogP contribution in [0, 0.1) is 5.82 Å². The fourth-order valence-corrected chi connectivity index (χ4v) is 4.73. The van der Waals surface area contributed by atoms with E-state index >= 15 is 0 Å². The molecule has 0 aliphatic carbocycles. The van der Waals surface area contributed by atoms with Crippen LogP contribution in [0.3, 0.4) is 0 Å². The molecule has 0 saturated carbocycles. The van der Waals surface area contributed by atoms with Crippen LogP contribution in [0.1, 0.15) is 32.0 Å². The summed E-state index contributed by atoms with van der Waals surface area (Å²) in [6.45, 7) is 0.717. The highest BCUT2D eigenvalue weighted by molar-refractivity contribution is 6.37. The number of hydrogen-bond donors (Lipinski definition) is 2. The van der Waals surface area contributed by atoms with E-state index in [9.17, 15) is 23.6 Å². The molecule has 3 aromatic carbocycles. The lowest BCUT2D eigenvalue weighted by Crippen LogP contribution is -2.37. The zero-order valence-electron chi connectivity index (χ0n) is 19.8. The van der Waals surface area contributed by atoms with Crippen LogP contribution in [0.5, 0.6) is 11.5 Å². The van der Waals surface area contributed by atoms with Crippen molar-refractivity contribution in [2.24, 2.45) is 0 Å². The summed E-state index contributed by atoms with van der Waals surface area (Å²) in [5, 5.41) is 12.7. The maximum atomic E-state index is 13.5. The van der Waals surface area contributed by atoms with E-state index in [1.807, 2.05) is 4.98 Å². The van der Waals surface area contributed by atoms with E-state index < -0.39 is 22.9 Å². The second-order valence-corrected chi connectivity index (χ2v) is 9.41. The number of rotatable bonds is 6. The first-order valence-electron chi connectivity index (χ1n) is 11.4. The maximum absolute atomic E-state index is 13.5. The summed E-state index contributed by atoms with van der Waals surface area (Å²) < 4.78 is 20.1. The molecule has 5 rings (SSSR count). The second-order valence-electron chi connectivity index (χ2n) is 8.59. The zero-order chi connectivity index (χ0) is 27.8. The van der Waals surface area contributed by atoms with E-state index in [2.05, 4.69) is 5.10 Å². The first kappa shape index (κ1) is 26.1. The largest absolute Gasteiger partial charge is 0.476 e. The number of fused-ring (bicyclic) bond motifs is 1. The molecule has 1 aliphatic rings. The number of carboxylic acids is 1. The van der Waals surface area contributed by atoms with E-state index in [0.717, 1.165) is 5.56 Å². The topological polar surface area (TPSA) is 135 Å². The number of aromatic carboxylic acids is 1. The van der Waals surface area contributed by atoms with Crippen molar-refractivity contribution in [2.45, 2.75) is 13.0 Å². The summed E-state index contributed by atoms with van der Waals surface area (Å²) in [5.74, 6) is -1.77. The highest BCUT2D eigenvalue weighted by Gasteiger charge is 2.25. The third-order valence-electron chi connectivity index (χ3n) is 5.99. The number of carbonyl (C=O) groups excluding carboxylic acids is 1. The van der Waals surface area contributed by atoms with Crippen LogP contribution in [-0.4, -0.2) is 43.2 Å². The fourth-order valence-electron chi connectivity index (χ4n) is 4.18. The number of nitrogens with one attached hydrogen (secondary N) is 1. The van der Waals surface area contributed by atoms with Crippen LogP contribution < -0.4 is 16.0 Å². The Kier molecular flexibility index (Phi) is 6.94. The average Bonchev–Trinajstić information content (AvgIpc) is 2.87. The number of nitrogens with zero attached hydrogens (tertiary/aromatic N) is 3. The number of ether oxygens (including phenoxy) is 1. The molecule has 198 valence electrons. The van der Waals surface area contributed by atoms with Gasteiger partial charge in [0, 0.05) is 18.7 Å². The molecule has 1 amide bonds. The molecule has 0 radical (unpaired) electrons. The van der Waals surface area contributed by atoms with Crippen molar-refractivity contribution in [1.29, 1.82) is 0 Å². The smallest absolute Gasteiger partial charge is 0.362 e. The molecule has 0 saturated heterocycles. The molecule has 2 heterocycles. The normalized spacial score (nSPS) is 12.8. The Morgan fingerprint density at radius 2 is 1.82 bits per heavy atom. The molecule has 13 heteroatoms. The van der Waals surface area contributed by atoms with Gasteiger partial charge in [0.1, 0.15) is 11.6 Å². The van der Waals surface area contributed by atoms with Gasteiger partial charge in [-0.1, -0.05) is 35.3 Å². The molecule has 0 unspecified atom stereocenters. The third kappa shape index (κ3) is 5.27. The first-order valence-corrected chi connectivity index (χ1v) is 12.2. The first-order chi connectivity index (χ1) is 18.6. The van der Waals surface area contributed by atoms with E-state index in [1.165, 1.54) is 24.3 Å². The van der Waals surface area contributed by atoms with E-state index in [4.69, 9.17) is 33.0 Å². The Hall–Kier alpha value is -4.48. The number of aromatic nitrogens is 3. The minimum atomic E-state index is -1.62. The summed E-state index contributed by atoms with van der Waals surface area (Å²) in [6.07, 6.45) is 0.542. The number of benzene rings is 3. The molecule has 0 atom stereocenters. The number of amides is 1. The van der Waals surface area contributed by atoms with Gasteiger partial charge in [0.05, 0.1) is 15.7 Å². The van der Waals surface area contributed by atoms with Gasteiger partial charge in [-0.05, 0) is 60.0 Å². The number of H-pyrrole nitrogens is 1. The van der Waals surface area contributed by atoms with Crippen molar-refractivity contribution >= 4 is 35.1 Å². The molecule has 0 fully saturated rings. The van der Waals surface area contributed by atoms with Gasteiger partial charge >= 0.3 is 11.7 Å². The van der Waals surface area contributed by atoms with Gasteiger partial charge in [-0.25, -0.2) is 14.0 Å². The zero-order valence-corrected chi connectivity index (χ0v) is 21.3. The Bertz CT molecular complexity index is 1750. The van der Waals surface area contributed by atoms with Crippen LogP contribution in [0.4, 0.5) is 4.39 Å². The van der Waals surface area contributed by atoms with Crippen LogP contribution >= 0.6 is 23.2 Å². The predicted molar refractivity (Wildman–Crippen MR) is 139 cm³/mol. The van der Waals surface area contributed by atoms with Crippen molar-refractivity contribution in [2.75, 3.05) is 6.54 Å². The maximum Gasteiger partial charge on any atom is 0.362 e. The van der Waals surface area contributed by atoms with Gasteiger partial charge in [0.25, 0.3) is 11.5 Å². The Labute approximate surface area is 228 Å². The van der Waals surface area contributed by atoms with Gasteiger partial charge in [-0.2, -0.15) is 9.78 Å². The fraction of sp³-hybridized carbons (Fsp3) is 0.115. The Balaban J connectivity index is 1.39. The summed E-state index contributed by atoms with van der Waals surface area (Å²) in [6, 6.07) is 13.5. The summed E-state index contributed by atoms with van der Waals surface area (Å²) >= 11 is 12.7. The van der Waals surface area contributed by atoms with Crippen LogP contribution in [0.2, 0.25) is 10.0 Å². The molecule has 1 aliphatic heterocycles. The minimum absolute atomic E-state index is 0.00414. The SMILES string of the molecule is O=C(O)c1nn(-c2cc(Cl)c(Oc3ccc4c(c3)CCN(Cc3cccc(F)c3)C4=O)c(Cl)c2)c(=O)[nH]c1=O. The highest BCUT2D eigenvalue weighted by Crippen LogP contribution is 2.39. The van der Waals surface area contributed by atoms with Crippen LogP contribution in [0.15, 0.2) is 64.2 Å². The van der Waals surface area contributed by atoms with Crippen LogP contribution in [0.25, 0.3) is 5.69 Å². The number of aromatic amines is 1. The molecule has 4 aromatic rings. The van der Waals surface area contributed by atoms with Crippen molar-refractivity contribution in [3.8, 4) is 17.2 Å². The van der Waals surface area contributed by atoms with E-state index in [-0.39, 0.29) is 39.8 Å². The van der Waals surface area contributed by atoms with Gasteiger partial charge in [0.15, 0.2) is 5.75 Å². The Morgan fingerprint density at radius 3 is 2.51 bits per heavy atom.